The normalized spacial score (nSPS) is 13.3. The minimum Gasteiger partial charge on any atom is -0.462 e. The first-order chi connectivity index (χ1) is 12.1. The molecule has 1 heterocycles. The number of fused-ring (bicyclic) bond motifs is 1. The van der Waals surface area contributed by atoms with Crippen molar-refractivity contribution < 1.29 is 9.53 Å². The lowest BCUT2D eigenvalue weighted by Gasteiger charge is -2.11. The Labute approximate surface area is 148 Å². The number of ether oxygens (including phenoxy) is 1. The van der Waals surface area contributed by atoms with Crippen LogP contribution in [-0.2, 0) is 16.0 Å². The Kier molecular flexibility index (Phi) is 7.26. The second kappa shape index (κ2) is 9.67. The summed E-state index contributed by atoms with van der Waals surface area (Å²) in [4.78, 5) is 24.4. The number of allylic oxidation sites excluding steroid dienone is 1. The van der Waals surface area contributed by atoms with Crippen molar-refractivity contribution >= 4 is 23.2 Å². The van der Waals surface area contributed by atoms with E-state index in [9.17, 15) is 4.79 Å². The summed E-state index contributed by atoms with van der Waals surface area (Å²) in [6.07, 6.45) is 9.66. The average Bonchev–Trinajstić information content (AvgIpc) is 2.61. The van der Waals surface area contributed by atoms with Gasteiger partial charge >= 0.3 is 5.97 Å². The van der Waals surface area contributed by atoms with E-state index < -0.39 is 0 Å². The largest absolute Gasteiger partial charge is 0.462 e. The number of nitrogens with zero attached hydrogens (tertiary/aromatic N) is 3. The number of hydrogen-bond acceptors (Lipinski definition) is 5. The SMILES string of the molecule is CCOC(=O)/C(C=NC)=C/CCC(C)Cc1ccc2nccnc2c1. The third-order valence-electron chi connectivity index (χ3n) is 3.92. The highest BCUT2D eigenvalue weighted by Crippen LogP contribution is 2.18. The first-order valence-electron chi connectivity index (χ1n) is 8.63. The Morgan fingerprint density at radius 1 is 1.28 bits per heavy atom. The molecule has 0 saturated heterocycles. The zero-order valence-corrected chi connectivity index (χ0v) is 15.1. The Hall–Kier alpha value is -2.56. The summed E-state index contributed by atoms with van der Waals surface area (Å²) in [5.74, 6) is 0.182. The minimum absolute atomic E-state index is 0.311. The van der Waals surface area contributed by atoms with Gasteiger partial charge in [0.25, 0.3) is 0 Å². The van der Waals surface area contributed by atoms with Gasteiger partial charge in [-0.05, 0) is 49.8 Å². The number of hydrogen-bond donors (Lipinski definition) is 0. The van der Waals surface area contributed by atoms with Crippen molar-refractivity contribution in [2.45, 2.75) is 33.1 Å². The topological polar surface area (TPSA) is 64.4 Å². The van der Waals surface area contributed by atoms with Gasteiger partial charge in [-0.15, -0.1) is 0 Å². The highest BCUT2D eigenvalue weighted by molar-refractivity contribution is 6.09. The van der Waals surface area contributed by atoms with E-state index in [0.29, 0.717) is 18.1 Å². The molecule has 2 rings (SSSR count). The Morgan fingerprint density at radius 2 is 2.04 bits per heavy atom. The predicted octanol–water partition coefficient (Wildman–Crippen LogP) is 3.78. The fourth-order valence-electron chi connectivity index (χ4n) is 2.71. The van der Waals surface area contributed by atoms with Gasteiger partial charge in [-0.25, -0.2) is 4.79 Å². The minimum atomic E-state index is -0.311. The summed E-state index contributed by atoms with van der Waals surface area (Å²) in [7, 11) is 1.65. The van der Waals surface area contributed by atoms with Crippen LogP contribution < -0.4 is 0 Å². The van der Waals surface area contributed by atoms with Gasteiger partial charge in [-0.2, -0.15) is 0 Å². The molecule has 0 N–H and O–H groups in total. The molecule has 0 radical (unpaired) electrons. The highest BCUT2D eigenvalue weighted by Gasteiger charge is 2.09. The molecule has 25 heavy (non-hydrogen) atoms. The molecule has 0 amide bonds. The lowest BCUT2D eigenvalue weighted by atomic mass is 9.96. The molecule has 132 valence electrons. The van der Waals surface area contributed by atoms with E-state index in [-0.39, 0.29) is 5.97 Å². The molecule has 2 aromatic rings. The van der Waals surface area contributed by atoms with E-state index in [2.05, 4.69) is 34.0 Å². The van der Waals surface area contributed by atoms with Crippen molar-refractivity contribution in [3.8, 4) is 0 Å². The van der Waals surface area contributed by atoms with Crippen LogP contribution in [0.1, 0.15) is 32.3 Å². The van der Waals surface area contributed by atoms with Crippen molar-refractivity contribution in [1.29, 1.82) is 0 Å². The van der Waals surface area contributed by atoms with Crippen LogP contribution in [0.15, 0.2) is 47.2 Å². The molecule has 0 bridgehead atoms. The van der Waals surface area contributed by atoms with E-state index in [1.807, 2.05) is 12.1 Å². The van der Waals surface area contributed by atoms with Crippen LogP contribution in [0.2, 0.25) is 0 Å². The van der Waals surface area contributed by atoms with Gasteiger partial charge in [0.15, 0.2) is 0 Å². The fraction of sp³-hybridized carbons (Fsp3) is 0.400. The standard InChI is InChI=1S/C20H25N3O2/c1-4-25-20(24)17(14-21-3)7-5-6-15(2)12-16-8-9-18-19(13-16)23-11-10-22-18/h7-11,13-15H,4-6,12H2,1-3H3/b17-7+,21-14?. The van der Waals surface area contributed by atoms with Crippen molar-refractivity contribution in [1.82, 2.24) is 9.97 Å². The van der Waals surface area contributed by atoms with E-state index in [1.165, 1.54) is 5.56 Å². The molecule has 0 saturated carbocycles. The molecule has 1 unspecified atom stereocenters. The summed E-state index contributed by atoms with van der Waals surface area (Å²) in [6, 6.07) is 6.22. The molecule has 0 aliphatic heterocycles. The molecule has 5 heteroatoms. The maximum absolute atomic E-state index is 11.8. The van der Waals surface area contributed by atoms with Crippen LogP contribution >= 0.6 is 0 Å². The van der Waals surface area contributed by atoms with Crippen molar-refractivity contribution in [3.63, 3.8) is 0 Å². The first kappa shape index (κ1) is 18.8. The number of carbonyl (C=O) groups excluding carboxylic acids is 1. The second-order valence-corrected chi connectivity index (χ2v) is 6.03. The maximum Gasteiger partial charge on any atom is 0.339 e. The van der Waals surface area contributed by atoms with E-state index in [0.717, 1.165) is 30.3 Å². The molecule has 0 fully saturated rings. The number of rotatable bonds is 8. The third kappa shape index (κ3) is 5.78. The number of aromatic nitrogens is 2. The molecule has 1 aromatic heterocycles. The van der Waals surface area contributed by atoms with Crippen LogP contribution in [0.3, 0.4) is 0 Å². The summed E-state index contributed by atoms with van der Waals surface area (Å²) >= 11 is 0. The van der Waals surface area contributed by atoms with Gasteiger partial charge in [0.2, 0.25) is 0 Å². The predicted molar refractivity (Wildman–Crippen MR) is 101 cm³/mol. The number of aliphatic imine (C=N–C) groups is 1. The summed E-state index contributed by atoms with van der Waals surface area (Å²) in [5, 5.41) is 0. The van der Waals surface area contributed by atoms with Gasteiger partial charge in [0, 0.05) is 25.7 Å². The van der Waals surface area contributed by atoms with Crippen LogP contribution in [-0.4, -0.2) is 35.8 Å². The van der Waals surface area contributed by atoms with Crippen LogP contribution in [0.25, 0.3) is 11.0 Å². The van der Waals surface area contributed by atoms with Crippen molar-refractivity contribution in [2.24, 2.45) is 10.9 Å². The number of esters is 1. The molecular weight excluding hydrogens is 314 g/mol. The highest BCUT2D eigenvalue weighted by atomic mass is 16.5. The van der Waals surface area contributed by atoms with E-state index in [4.69, 9.17) is 4.74 Å². The van der Waals surface area contributed by atoms with Gasteiger partial charge in [-0.1, -0.05) is 19.1 Å². The summed E-state index contributed by atoms with van der Waals surface area (Å²) in [6.45, 7) is 4.39. The van der Waals surface area contributed by atoms with Crippen LogP contribution in [0, 0.1) is 5.92 Å². The van der Waals surface area contributed by atoms with Crippen LogP contribution in [0.4, 0.5) is 0 Å². The zero-order valence-electron chi connectivity index (χ0n) is 15.1. The van der Waals surface area contributed by atoms with Gasteiger partial charge < -0.3 is 4.74 Å². The van der Waals surface area contributed by atoms with Gasteiger partial charge in [-0.3, -0.25) is 15.0 Å². The molecule has 0 aliphatic carbocycles. The van der Waals surface area contributed by atoms with E-state index >= 15 is 0 Å². The average molecular weight is 339 g/mol. The van der Waals surface area contributed by atoms with Crippen molar-refractivity contribution in [2.75, 3.05) is 13.7 Å². The quantitative estimate of drug-likeness (QED) is 0.417. The van der Waals surface area contributed by atoms with Crippen LogP contribution in [0.5, 0.6) is 0 Å². The lowest BCUT2D eigenvalue weighted by molar-refractivity contribution is -0.137. The number of benzene rings is 1. The molecule has 1 aromatic carbocycles. The maximum atomic E-state index is 11.8. The van der Waals surface area contributed by atoms with Crippen molar-refractivity contribution in [3.05, 3.63) is 47.8 Å². The summed E-state index contributed by atoms with van der Waals surface area (Å²) in [5.41, 5.74) is 3.62. The monoisotopic (exact) mass is 339 g/mol. The first-order valence-corrected chi connectivity index (χ1v) is 8.63. The molecule has 0 aliphatic rings. The lowest BCUT2D eigenvalue weighted by Crippen LogP contribution is -2.09. The molecule has 1 atom stereocenters. The zero-order chi connectivity index (χ0) is 18.1. The van der Waals surface area contributed by atoms with Gasteiger partial charge in [0.05, 0.1) is 23.2 Å². The smallest absolute Gasteiger partial charge is 0.339 e. The Morgan fingerprint density at radius 3 is 2.76 bits per heavy atom. The fourth-order valence-corrected chi connectivity index (χ4v) is 2.71. The Bertz CT molecular complexity index is 768. The summed E-state index contributed by atoms with van der Waals surface area (Å²) < 4.78 is 5.04. The molecule has 5 nitrogen and oxygen atoms in total. The Balaban J connectivity index is 1.93. The van der Waals surface area contributed by atoms with Gasteiger partial charge in [0.1, 0.15) is 0 Å². The third-order valence-corrected chi connectivity index (χ3v) is 3.92. The number of carbonyl (C=O) groups is 1. The van der Waals surface area contributed by atoms with E-state index in [1.54, 1.807) is 32.6 Å². The second-order valence-electron chi connectivity index (χ2n) is 6.03. The molecular formula is C20H25N3O2. The molecule has 0 spiro atoms.